The molecule has 0 unspecified atom stereocenters. The standard InChI is InChI=1S/C18H18Cl2N2O/c1-12-11-22-13(2)5-8-17(18(22)21-12)23-9-3-4-14-6-7-15(19)10-16(14)20/h5-8,10-11H,3-4,9H2,1-2H3. The average Bonchev–Trinajstić information content (AvgIpc) is 2.90. The number of halogens is 2. The molecule has 3 nitrogen and oxygen atoms in total. The van der Waals surface area contributed by atoms with E-state index >= 15 is 0 Å². The number of nitrogens with zero attached hydrogens (tertiary/aromatic N) is 2. The summed E-state index contributed by atoms with van der Waals surface area (Å²) >= 11 is 12.1. The molecule has 0 aliphatic heterocycles. The van der Waals surface area contributed by atoms with Crippen LogP contribution in [0.1, 0.15) is 23.4 Å². The molecule has 0 aliphatic rings. The van der Waals surface area contributed by atoms with Crippen molar-refractivity contribution in [1.29, 1.82) is 0 Å². The van der Waals surface area contributed by atoms with Crippen molar-refractivity contribution in [2.45, 2.75) is 26.7 Å². The summed E-state index contributed by atoms with van der Waals surface area (Å²) in [6.07, 6.45) is 3.75. The molecule has 23 heavy (non-hydrogen) atoms. The van der Waals surface area contributed by atoms with Crippen molar-refractivity contribution in [3.8, 4) is 5.75 Å². The van der Waals surface area contributed by atoms with Gasteiger partial charge in [-0.15, -0.1) is 0 Å². The molecule has 0 aliphatic carbocycles. The monoisotopic (exact) mass is 348 g/mol. The van der Waals surface area contributed by atoms with Crippen molar-refractivity contribution >= 4 is 28.8 Å². The summed E-state index contributed by atoms with van der Waals surface area (Å²) in [6.45, 7) is 4.66. The summed E-state index contributed by atoms with van der Waals surface area (Å²) in [5, 5.41) is 1.37. The molecule has 2 heterocycles. The molecule has 0 fully saturated rings. The maximum atomic E-state index is 6.19. The largest absolute Gasteiger partial charge is 0.490 e. The Morgan fingerprint density at radius 3 is 2.74 bits per heavy atom. The van der Waals surface area contributed by atoms with Crippen LogP contribution in [0.3, 0.4) is 0 Å². The number of ether oxygens (including phenoxy) is 1. The Morgan fingerprint density at radius 2 is 1.96 bits per heavy atom. The summed E-state index contributed by atoms with van der Waals surface area (Å²) in [5.74, 6) is 0.811. The van der Waals surface area contributed by atoms with E-state index in [1.807, 2.05) is 37.4 Å². The van der Waals surface area contributed by atoms with Gasteiger partial charge >= 0.3 is 0 Å². The van der Waals surface area contributed by atoms with E-state index in [4.69, 9.17) is 27.9 Å². The van der Waals surface area contributed by atoms with Crippen LogP contribution in [0.4, 0.5) is 0 Å². The number of aromatic nitrogens is 2. The van der Waals surface area contributed by atoms with Crippen molar-refractivity contribution in [2.75, 3.05) is 6.61 Å². The minimum atomic E-state index is 0.615. The van der Waals surface area contributed by atoms with E-state index in [-0.39, 0.29) is 0 Å². The van der Waals surface area contributed by atoms with Gasteiger partial charge < -0.3 is 9.14 Å². The number of hydrogen-bond acceptors (Lipinski definition) is 2. The molecule has 0 atom stereocenters. The normalized spacial score (nSPS) is 11.1. The first kappa shape index (κ1) is 16.2. The van der Waals surface area contributed by atoms with Crippen molar-refractivity contribution in [2.24, 2.45) is 0 Å². The van der Waals surface area contributed by atoms with Crippen molar-refractivity contribution < 1.29 is 4.74 Å². The van der Waals surface area contributed by atoms with Gasteiger partial charge in [0, 0.05) is 21.9 Å². The molecule has 2 aromatic heterocycles. The molecular formula is C18H18Cl2N2O. The number of imidazole rings is 1. The van der Waals surface area contributed by atoms with E-state index in [0.29, 0.717) is 16.7 Å². The van der Waals surface area contributed by atoms with Gasteiger partial charge in [0.15, 0.2) is 11.4 Å². The lowest BCUT2D eigenvalue weighted by molar-refractivity contribution is 0.312. The molecule has 0 saturated carbocycles. The SMILES string of the molecule is Cc1cn2c(C)ccc(OCCCc3ccc(Cl)cc3Cl)c2n1. The zero-order valence-corrected chi connectivity index (χ0v) is 14.7. The molecule has 3 rings (SSSR count). The van der Waals surface area contributed by atoms with Gasteiger partial charge in [0.1, 0.15) is 0 Å². The zero-order valence-electron chi connectivity index (χ0n) is 13.1. The minimum absolute atomic E-state index is 0.615. The number of aryl methyl sites for hydroxylation is 3. The van der Waals surface area contributed by atoms with Gasteiger partial charge in [-0.3, -0.25) is 0 Å². The number of pyridine rings is 1. The van der Waals surface area contributed by atoms with E-state index in [9.17, 15) is 0 Å². The van der Waals surface area contributed by atoms with Crippen molar-refractivity contribution in [3.63, 3.8) is 0 Å². The molecule has 0 N–H and O–H groups in total. The number of benzene rings is 1. The molecule has 0 amide bonds. The fraction of sp³-hybridized carbons (Fsp3) is 0.278. The Balaban J connectivity index is 1.64. The minimum Gasteiger partial charge on any atom is -0.490 e. The number of rotatable bonds is 5. The summed E-state index contributed by atoms with van der Waals surface area (Å²) in [5.41, 5.74) is 4.08. The topological polar surface area (TPSA) is 26.5 Å². The van der Waals surface area contributed by atoms with Gasteiger partial charge in [0.05, 0.1) is 12.3 Å². The van der Waals surface area contributed by atoms with Crippen molar-refractivity contribution in [3.05, 3.63) is 63.5 Å². The zero-order chi connectivity index (χ0) is 16.4. The third kappa shape index (κ3) is 3.62. The highest BCUT2D eigenvalue weighted by atomic mass is 35.5. The highest BCUT2D eigenvalue weighted by Gasteiger charge is 2.08. The van der Waals surface area contributed by atoms with E-state index in [1.54, 1.807) is 6.07 Å². The first-order valence-corrected chi connectivity index (χ1v) is 8.32. The Kier molecular flexibility index (Phi) is 4.79. The summed E-state index contributed by atoms with van der Waals surface area (Å²) in [7, 11) is 0. The number of fused-ring (bicyclic) bond motifs is 1. The average molecular weight is 349 g/mol. The Bertz CT molecular complexity index is 842. The molecule has 0 radical (unpaired) electrons. The summed E-state index contributed by atoms with van der Waals surface area (Å²) in [6, 6.07) is 9.62. The van der Waals surface area contributed by atoms with Gasteiger partial charge in [-0.1, -0.05) is 29.3 Å². The first-order chi connectivity index (χ1) is 11.0. The molecule has 3 aromatic rings. The summed E-state index contributed by atoms with van der Waals surface area (Å²) < 4.78 is 7.98. The fourth-order valence-electron chi connectivity index (χ4n) is 2.57. The Hall–Kier alpha value is -1.71. The predicted molar refractivity (Wildman–Crippen MR) is 94.9 cm³/mol. The van der Waals surface area contributed by atoms with Crippen LogP contribution < -0.4 is 4.74 Å². The van der Waals surface area contributed by atoms with Gasteiger partial charge in [0.25, 0.3) is 0 Å². The highest BCUT2D eigenvalue weighted by Crippen LogP contribution is 2.23. The van der Waals surface area contributed by atoms with Crippen LogP contribution in [-0.2, 0) is 6.42 Å². The van der Waals surface area contributed by atoms with Gasteiger partial charge in [0.2, 0.25) is 0 Å². The molecular weight excluding hydrogens is 331 g/mol. The van der Waals surface area contributed by atoms with E-state index < -0.39 is 0 Å². The predicted octanol–water partition coefficient (Wildman–Crippen LogP) is 5.27. The fourth-order valence-corrected chi connectivity index (χ4v) is 3.08. The third-order valence-electron chi connectivity index (χ3n) is 3.77. The molecule has 1 aromatic carbocycles. The lowest BCUT2D eigenvalue weighted by Gasteiger charge is -2.09. The Morgan fingerprint density at radius 1 is 1.13 bits per heavy atom. The quantitative estimate of drug-likeness (QED) is 0.587. The van der Waals surface area contributed by atoms with E-state index in [2.05, 4.69) is 16.3 Å². The second-order valence-electron chi connectivity index (χ2n) is 5.60. The molecule has 0 saturated heterocycles. The Labute approximate surface area is 145 Å². The van der Waals surface area contributed by atoms with Crippen LogP contribution in [0.2, 0.25) is 10.0 Å². The van der Waals surface area contributed by atoms with Gasteiger partial charge in [-0.25, -0.2) is 4.98 Å². The van der Waals surface area contributed by atoms with Gasteiger partial charge in [-0.05, 0) is 56.5 Å². The second-order valence-corrected chi connectivity index (χ2v) is 6.45. The maximum absolute atomic E-state index is 6.19. The molecule has 5 heteroatoms. The van der Waals surface area contributed by atoms with E-state index in [1.165, 1.54) is 0 Å². The molecule has 0 bridgehead atoms. The van der Waals surface area contributed by atoms with Crippen LogP contribution in [-0.4, -0.2) is 16.0 Å². The summed E-state index contributed by atoms with van der Waals surface area (Å²) in [4.78, 5) is 4.54. The lowest BCUT2D eigenvalue weighted by Crippen LogP contribution is -2.02. The first-order valence-electron chi connectivity index (χ1n) is 7.56. The van der Waals surface area contributed by atoms with Crippen LogP contribution in [0.5, 0.6) is 5.75 Å². The smallest absolute Gasteiger partial charge is 0.180 e. The van der Waals surface area contributed by atoms with Crippen molar-refractivity contribution in [1.82, 2.24) is 9.38 Å². The maximum Gasteiger partial charge on any atom is 0.180 e. The second kappa shape index (κ2) is 6.81. The molecule has 120 valence electrons. The highest BCUT2D eigenvalue weighted by molar-refractivity contribution is 6.35. The van der Waals surface area contributed by atoms with Gasteiger partial charge in [-0.2, -0.15) is 0 Å². The van der Waals surface area contributed by atoms with Crippen LogP contribution in [0.15, 0.2) is 36.5 Å². The molecule has 0 spiro atoms. The van der Waals surface area contributed by atoms with E-state index in [0.717, 1.165) is 41.2 Å². The number of hydrogen-bond donors (Lipinski definition) is 0. The van der Waals surface area contributed by atoms with Crippen LogP contribution >= 0.6 is 23.2 Å². The third-order valence-corrected chi connectivity index (χ3v) is 4.35. The lowest BCUT2D eigenvalue weighted by atomic mass is 10.1. The van der Waals surface area contributed by atoms with Crippen LogP contribution in [0.25, 0.3) is 5.65 Å². The van der Waals surface area contributed by atoms with Crippen LogP contribution in [0, 0.1) is 13.8 Å².